The average molecular weight is 265 g/mol. The van der Waals surface area contributed by atoms with Gasteiger partial charge in [-0.2, -0.15) is 18.3 Å². The number of alkyl halides is 3. The second kappa shape index (κ2) is 5.71. The van der Waals surface area contributed by atoms with Crippen LogP contribution in [0, 0.1) is 13.8 Å². The zero-order valence-corrected chi connectivity index (χ0v) is 10.7. The summed E-state index contributed by atoms with van der Waals surface area (Å²) in [6, 6.07) is -0.0175. The molecule has 1 heterocycles. The van der Waals surface area contributed by atoms with Crippen LogP contribution in [0.3, 0.4) is 0 Å². The molecule has 4 nitrogen and oxygen atoms in total. The topological polar surface area (TPSA) is 53.1 Å². The fraction of sp³-hybridized carbons (Fsp3) is 0.727. The van der Waals surface area contributed by atoms with Crippen LogP contribution < -0.4 is 5.73 Å². The van der Waals surface area contributed by atoms with Gasteiger partial charge in [-0.25, -0.2) is 4.68 Å². The minimum absolute atomic E-state index is 0.0175. The molecule has 0 aliphatic carbocycles. The first-order valence-electron chi connectivity index (χ1n) is 5.63. The first-order chi connectivity index (χ1) is 8.20. The molecule has 0 fully saturated rings. The van der Waals surface area contributed by atoms with E-state index in [1.807, 2.05) is 13.8 Å². The van der Waals surface area contributed by atoms with E-state index in [1.165, 1.54) is 4.68 Å². The number of nitrogens with two attached hydrogens (primary N) is 1. The molecule has 2 N–H and O–H groups in total. The molecule has 0 aromatic carbocycles. The summed E-state index contributed by atoms with van der Waals surface area (Å²) in [5, 5.41) is 4.15. The van der Waals surface area contributed by atoms with Gasteiger partial charge in [-0.05, 0) is 32.8 Å². The van der Waals surface area contributed by atoms with Crippen LogP contribution in [0.5, 0.6) is 0 Å². The Morgan fingerprint density at radius 1 is 1.39 bits per heavy atom. The van der Waals surface area contributed by atoms with Gasteiger partial charge in [0.15, 0.2) is 0 Å². The van der Waals surface area contributed by atoms with Crippen molar-refractivity contribution < 1.29 is 17.9 Å². The van der Waals surface area contributed by atoms with Crippen LogP contribution >= 0.6 is 0 Å². The smallest absolute Gasteiger partial charge is 0.350 e. The molecule has 7 heteroatoms. The van der Waals surface area contributed by atoms with E-state index in [1.54, 1.807) is 6.92 Å². The summed E-state index contributed by atoms with van der Waals surface area (Å²) < 4.78 is 41.8. The molecular formula is C11H18F3N3O. The number of hydrogen-bond acceptors (Lipinski definition) is 3. The Morgan fingerprint density at radius 3 is 2.50 bits per heavy atom. The highest BCUT2D eigenvalue weighted by atomic mass is 19.4. The predicted octanol–water partition coefficient (Wildman–Crippen LogP) is 1.93. The van der Waals surface area contributed by atoms with Gasteiger partial charge in [0.2, 0.25) is 0 Å². The van der Waals surface area contributed by atoms with Crippen LogP contribution in [0.25, 0.3) is 0 Å². The molecule has 0 radical (unpaired) electrons. The van der Waals surface area contributed by atoms with Gasteiger partial charge in [-0.1, -0.05) is 0 Å². The quantitative estimate of drug-likeness (QED) is 0.885. The Hall–Kier alpha value is -1.08. The molecule has 1 aromatic rings. The third-order valence-electron chi connectivity index (χ3n) is 2.54. The van der Waals surface area contributed by atoms with Crippen molar-refractivity contribution >= 4 is 0 Å². The van der Waals surface area contributed by atoms with Crippen LogP contribution in [0.15, 0.2) is 0 Å². The maximum Gasteiger partial charge on any atom is 0.411 e. The Bertz CT molecular complexity index is 399. The van der Waals surface area contributed by atoms with E-state index >= 15 is 0 Å². The van der Waals surface area contributed by atoms with E-state index in [-0.39, 0.29) is 12.8 Å². The molecule has 18 heavy (non-hydrogen) atoms. The zero-order chi connectivity index (χ0) is 13.9. The van der Waals surface area contributed by atoms with Crippen LogP contribution in [0.4, 0.5) is 13.2 Å². The molecule has 0 saturated carbocycles. The molecule has 0 spiro atoms. The zero-order valence-electron chi connectivity index (χ0n) is 10.7. The molecule has 104 valence electrons. The molecule has 0 aliphatic heterocycles. The minimum atomic E-state index is -4.31. The standard InChI is InChI=1S/C11H18F3N3O/c1-7(15)4-10-8(2)16-17(9(10)3)6-18-5-11(12,13)14/h7H,4-6,15H2,1-3H3. The number of nitrogens with zero attached hydrogens (tertiary/aromatic N) is 2. The number of rotatable bonds is 5. The van der Waals surface area contributed by atoms with Gasteiger partial charge in [0.25, 0.3) is 0 Å². The molecule has 1 rings (SSSR count). The maximum atomic E-state index is 11.9. The lowest BCUT2D eigenvalue weighted by atomic mass is 10.1. The number of ether oxygens (including phenoxy) is 1. The summed E-state index contributed by atoms with van der Waals surface area (Å²) in [7, 11) is 0. The second-order valence-corrected chi connectivity index (χ2v) is 4.42. The SMILES string of the molecule is Cc1nn(COCC(F)(F)F)c(C)c1CC(C)N. The number of aromatic nitrogens is 2. The fourth-order valence-electron chi connectivity index (χ4n) is 1.72. The third kappa shape index (κ3) is 4.30. The lowest BCUT2D eigenvalue weighted by molar-refractivity contribution is -0.182. The van der Waals surface area contributed by atoms with Crippen LogP contribution in [0.1, 0.15) is 23.9 Å². The van der Waals surface area contributed by atoms with Gasteiger partial charge in [-0.15, -0.1) is 0 Å². The van der Waals surface area contributed by atoms with Gasteiger partial charge >= 0.3 is 6.18 Å². The summed E-state index contributed by atoms with van der Waals surface area (Å²) in [5.41, 5.74) is 8.26. The molecular weight excluding hydrogens is 247 g/mol. The molecule has 0 saturated heterocycles. The minimum Gasteiger partial charge on any atom is -0.350 e. The second-order valence-electron chi connectivity index (χ2n) is 4.42. The van der Waals surface area contributed by atoms with E-state index in [0.29, 0.717) is 6.42 Å². The van der Waals surface area contributed by atoms with Crippen molar-refractivity contribution in [2.45, 2.75) is 46.1 Å². The molecule has 0 bridgehead atoms. The van der Waals surface area contributed by atoms with Crippen LogP contribution in [-0.2, 0) is 17.9 Å². The third-order valence-corrected chi connectivity index (χ3v) is 2.54. The van der Waals surface area contributed by atoms with Crippen molar-refractivity contribution in [3.05, 3.63) is 17.0 Å². The largest absolute Gasteiger partial charge is 0.411 e. The van der Waals surface area contributed by atoms with Gasteiger partial charge in [-0.3, -0.25) is 0 Å². The van der Waals surface area contributed by atoms with Crippen molar-refractivity contribution in [3.63, 3.8) is 0 Å². The number of halogens is 3. The highest BCUT2D eigenvalue weighted by Gasteiger charge is 2.27. The molecule has 1 unspecified atom stereocenters. The first kappa shape index (κ1) is 15.0. The highest BCUT2D eigenvalue weighted by Crippen LogP contribution is 2.17. The van der Waals surface area contributed by atoms with Crippen molar-refractivity contribution in [1.29, 1.82) is 0 Å². The highest BCUT2D eigenvalue weighted by molar-refractivity contribution is 5.25. The van der Waals surface area contributed by atoms with Crippen molar-refractivity contribution in [2.24, 2.45) is 5.73 Å². The normalized spacial score (nSPS) is 13.9. The summed E-state index contributed by atoms with van der Waals surface area (Å²) in [6.45, 7) is 4.01. The average Bonchev–Trinajstić information content (AvgIpc) is 2.43. The van der Waals surface area contributed by atoms with E-state index in [9.17, 15) is 13.2 Å². The lowest BCUT2D eigenvalue weighted by Gasteiger charge is -2.09. The maximum absolute atomic E-state index is 11.9. The van der Waals surface area contributed by atoms with E-state index < -0.39 is 12.8 Å². The van der Waals surface area contributed by atoms with Crippen molar-refractivity contribution in [2.75, 3.05) is 6.61 Å². The molecule has 1 aromatic heterocycles. The summed E-state index contributed by atoms with van der Waals surface area (Å²) in [5.74, 6) is 0. The van der Waals surface area contributed by atoms with Crippen molar-refractivity contribution in [1.82, 2.24) is 9.78 Å². The Morgan fingerprint density at radius 2 is 2.00 bits per heavy atom. The van der Waals surface area contributed by atoms with Crippen LogP contribution in [-0.4, -0.2) is 28.6 Å². The first-order valence-corrected chi connectivity index (χ1v) is 5.63. The Balaban J connectivity index is 2.67. The Kier molecular flexibility index (Phi) is 4.75. The molecule has 1 atom stereocenters. The molecule has 0 amide bonds. The van der Waals surface area contributed by atoms with Crippen molar-refractivity contribution in [3.8, 4) is 0 Å². The molecule has 0 aliphatic rings. The van der Waals surface area contributed by atoms with Gasteiger partial charge < -0.3 is 10.5 Å². The fourth-order valence-corrected chi connectivity index (χ4v) is 1.72. The number of aryl methyl sites for hydroxylation is 1. The van der Waals surface area contributed by atoms with Gasteiger partial charge in [0.05, 0.1) is 5.69 Å². The predicted molar refractivity (Wildman–Crippen MR) is 61.1 cm³/mol. The van der Waals surface area contributed by atoms with E-state index in [2.05, 4.69) is 9.84 Å². The lowest BCUT2D eigenvalue weighted by Crippen LogP contribution is -2.20. The summed E-state index contributed by atoms with van der Waals surface area (Å²) in [6.07, 6.45) is -3.67. The summed E-state index contributed by atoms with van der Waals surface area (Å²) >= 11 is 0. The van der Waals surface area contributed by atoms with E-state index in [0.717, 1.165) is 17.0 Å². The van der Waals surface area contributed by atoms with Gasteiger partial charge in [0, 0.05) is 11.7 Å². The Labute approximate surface area is 104 Å². The summed E-state index contributed by atoms with van der Waals surface area (Å²) in [4.78, 5) is 0. The van der Waals surface area contributed by atoms with Crippen LogP contribution in [0.2, 0.25) is 0 Å². The monoisotopic (exact) mass is 265 g/mol. The van der Waals surface area contributed by atoms with E-state index in [4.69, 9.17) is 5.73 Å². The number of hydrogen-bond donors (Lipinski definition) is 1. The van der Waals surface area contributed by atoms with Gasteiger partial charge in [0.1, 0.15) is 13.3 Å².